The molecule has 0 spiro atoms. The molecule has 1 N–H and O–H groups in total. The predicted molar refractivity (Wildman–Crippen MR) is 71.3 cm³/mol. The van der Waals surface area contributed by atoms with E-state index in [2.05, 4.69) is 10.3 Å². The van der Waals surface area contributed by atoms with Gasteiger partial charge in [-0.3, -0.25) is 4.98 Å². The van der Waals surface area contributed by atoms with E-state index in [9.17, 15) is 13.2 Å². The summed E-state index contributed by atoms with van der Waals surface area (Å²) in [6.07, 6.45) is -2.61. The van der Waals surface area contributed by atoms with Crippen molar-refractivity contribution in [3.63, 3.8) is 0 Å². The number of halogens is 3. The van der Waals surface area contributed by atoms with Gasteiger partial charge in [-0.1, -0.05) is 18.2 Å². The van der Waals surface area contributed by atoms with Gasteiger partial charge in [0.15, 0.2) is 0 Å². The Morgan fingerprint density at radius 2 is 1.75 bits per heavy atom. The van der Waals surface area contributed by atoms with E-state index < -0.39 is 11.7 Å². The monoisotopic (exact) mass is 280 g/mol. The van der Waals surface area contributed by atoms with Crippen molar-refractivity contribution in [3.8, 4) is 0 Å². The first-order valence-corrected chi connectivity index (χ1v) is 6.19. The largest absolute Gasteiger partial charge is 0.416 e. The Morgan fingerprint density at radius 1 is 1.10 bits per heavy atom. The van der Waals surface area contributed by atoms with E-state index >= 15 is 0 Å². The summed E-state index contributed by atoms with van der Waals surface area (Å²) in [5, 5.41) is 3.11. The van der Waals surface area contributed by atoms with Gasteiger partial charge in [-0.05, 0) is 43.3 Å². The molecule has 0 bridgehead atoms. The number of benzene rings is 1. The summed E-state index contributed by atoms with van der Waals surface area (Å²) < 4.78 is 37.7. The summed E-state index contributed by atoms with van der Waals surface area (Å²) in [4.78, 5) is 4.21. The molecular formula is C15H15F3N2. The summed E-state index contributed by atoms with van der Waals surface area (Å²) in [6.45, 7) is 1.88. The molecular weight excluding hydrogens is 265 g/mol. The highest BCUT2D eigenvalue weighted by Gasteiger charge is 2.30. The van der Waals surface area contributed by atoms with E-state index in [1.165, 1.54) is 12.1 Å². The van der Waals surface area contributed by atoms with Crippen LogP contribution in [0.1, 0.15) is 28.4 Å². The lowest BCUT2D eigenvalue weighted by Crippen LogP contribution is -2.19. The Hall–Kier alpha value is -1.88. The molecule has 0 saturated carbocycles. The van der Waals surface area contributed by atoms with Gasteiger partial charge in [0.1, 0.15) is 0 Å². The van der Waals surface area contributed by atoms with Crippen LogP contribution in [0.3, 0.4) is 0 Å². The van der Waals surface area contributed by atoms with E-state index in [0.29, 0.717) is 0 Å². The molecule has 106 valence electrons. The zero-order valence-corrected chi connectivity index (χ0v) is 11.2. The second kappa shape index (κ2) is 5.63. The van der Waals surface area contributed by atoms with Gasteiger partial charge in [-0.2, -0.15) is 13.2 Å². The van der Waals surface area contributed by atoms with Crippen molar-refractivity contribution in [2.24, 2.45) is 0 Å². The van der Waals surface area contributed by atoms with Crippen LogP contribution in [0, 0.1) is 6.92 Å². The molecule has 2 aromatic rings. The highest BCUT2D eigenvalue weighted by molar-refractivity contribution is 5.35. The van der Waals surface area contributed by atoms with Gasteiger partial charge in [0.25, 0.3) is 0 Å². The molecule has 1 atom stereocenters. The molecule has 0 amide bonds. The van der Waals surface area contributed by atoms with Crippen molar-refractivity contribution in [2.45, 2.75) is 19.1 Å². The molecule has 1 aromatic heterocycles. The lowest BCUT2D eigenvalue weighted by atomic mass is 9.97. The highest BCUT2D eigenvalue weighted by Crippen LogP contribution is 2.31. The summed E-state index contributed by atoms with van der Waals surface area (Å²) in [5.41, 5.74) is 1.94. The Morgan fingerprint density at radius 3 is 2.25 bits per heavy atom. The first-order chi connectivity index (χ1) is 9.43. The average Bonchev–Trinajstić information content (AvgIpc) is 2.41. The van der Waals surface area contributed by atoms with Gasteiger partial charge in [0.05, 0.1) is 11.6 Å². The van der Waals surface area contributed by atoms with Gasteiger partial charge < -0.3 is 5.32 Å². The standard InChI is InChI=1S/C15H15F3N2/c1-10-13(4-3-9-20-10)14(19-2)11-5-7-12(8-6-11)15(16,17)18/h3-9,14,19H,1-2H3. The first-order valence-electron chi connectivity index (χ1n) is 6.19. The number of rotatable bonds is 3. The molecule has 2 rings (SSSR count). The maximum Gasteiger partial charge on any atom is 0.416 e. The zero-order valence-electron chi connectivity index (χ0n) is 11.2. The molecule has 0 aliphatic heterocycles. The quantitative estimate of drug-likeness (QED) is 0.927. The molecule has 2 nitrogen and oxygen atoms in total. The SMILES string of the molecule is CNC(c1ccc(C(F)(F)F)cc1)c1cccnc1C. The number of aryl methyl sites for hydroxylation is 1. The number of alkyl halides is 3. The summed E-state index contributed by atoms with van der Waals surface area (Å²) >= 11 is 0. The van der Waals surface area contributed by atoms with Crippen molar-refractivity contribution in [3.05, 3.63) is 65.0 Å². The number of hydrogen-bond acceptors (Lipinski definition) is 2. The van der Waals surface area contributed by atoms with E-state index in [4.69, 9.17) is 0 Å². The van der Waals surface area contributed by atoms with Gasteiger partial charge in [-0.25, -0.2) is 0 Å². The number of nitrogens with zero attached hydrogens (tertiary/aromatic N) is 1. The molecule has 20 heavy (non-hydrogen) atoms. The second-order valence-corrected chi connectivity index (χ2v) is 4.52. The zero-order chi connectivity index (χ0) is 14.8. The van der Waals surface area contributed by atoms with Gasteiger partial charge in [0.2, 0.25) is 0 Å². The molecule has 0 aliphatic rings. The van der Waals surface area contributed by atoms with Crippen LogP contribution in [0.15, 0.2) is 42.6 Å². The van der Waals surface area contributed by atoms with E-state index in [1.54, 1.807) is 13.2 Å². The lowest BCUT2D eigenvalue weighted by Gasteiger charge is -2.19. The van der Waals surface area contributed by atoms with Crippen molar-refractivity contribution >= 4 is 0 Å². The van der Waals surface area contributed by atoms with Crippen molar-refractivity contribution in [1.29, 1.82) is 0 Å². The lowest BCUT2D eigenvalue weighted by molar-refractivity contribution is -0.137. The summed E-state index contributed by atoms with van der Waals surface area (Å²) in [5.74, 6) is 0. The van der Waals surface area contributed by atoms with Gasteiger partial charge in [0, 0.05) is 11.9 Å². The van der Waals surface area contributed by atoms with Crippen LogP contribution >= 0.6 is 0 Å². The number of hydrogen-bond donors (Lipinski definition) is 1. The molecule has 0 radical (unpaired) electrons. The minimum Gasteiger partial charge on any atom is -0.309 e. The topological polar surface area (TPSA) is 24.9 Å². The maximum atomic E-state index is 12.6. The molecule has 0 fully saturated rings. The third-order valence-electron chi connectivity index (χ3n) is 3.22. The van der Waals surface area contributed by atoms with Crippen LogP contribution in [-0.4, -0.2) is 12.0 Å². The second-order valence-electron chi connectivity index (χ2n) is 4.52. The Kier molecular flexibility index (Phi) is 4.09. The van der Waals surface area contributed by atoms with Crippen LogP contribution in [-0.2, 0) is 6.18 Å². The first kappa shape index (κ1) is 14.5. The molecule has 0 aliphatic carbocycles. The molecule has 1 aromatic carbocycles. The van der Waals surface area contributed by atoms with E-state index in [-0.39, 0.29) is 6.04 Å². The van der Waals surface area contributed by atoms with Crippen LogP contribution < -0.4 is 5.32 Å². The Labute approximate surface area is 115 Å². The number of aromatic nitrogens is 1. The fraction of sp³-hybridized carbons (Fsp3) is 0.267. The molecule has 1 heterocycles. The van der Waals surface area contributed by atoms with Crippen molar-refractivity contribution in [1.82, 2.24) is 10.3 Å². The summed E-state index contributed by atoms with van der Waals surface area (Å²) in [7, 11) is 1.77. The summed E-state index contributed by atoms with van der Waals surface area (Å²) in [6, 6.07) is 8.76. The minimum absolute atomic E-state index is 0.175. The van der Waals surface area contributed by atoms with Crippen LogP contribution in [0.2, 0.25) is 0 Å². The van der Waals surface area contributed by atoms with E-state index in [1.807, 2.05) is 19.1 Å². The smallest absolute Gasteiger partial charge is 0.309 e. The normalized spacial score (nSPS) is 13.2. The molecule has 5 heteroatoms. The van der Waals surface area contributed by atoms with Crippen LogP contribution in [0.4, 0.5) is 13.2 Å². The Balaban J connectivity index is 2.36. The van der Waals surface area contributed by atoms with E-state index in [0.717, 1.165) is 29.0 Å². The number of nitrogens with one attached hydrogen (secondary N) is 1. The fourth-order valence-electron chi connectivity index (χ4n) is 2.17. The maximum absolute atomic E-state index is 12.6. The Bertz CT molecular complexity index is 576. The number of pyridine rings is 1. The third-order valence-corrected chi connectivity index (χ3v) is 3.22. The average molecular weight is 280 g/mol. The van der Waals surface area contributed by atoms with Crippen LogP contribution in [0.25, 0.3) is 0 Å². The van der Waals surface area contributed by atoms with Crippen molar-refractivity contribution < 1.29 is 13.2 Å². The van der Waals surface area contributed by atoms with Crippen LogP contribution in [0.5, 0.6) is 0 Å². The van der Waals surface area contributed by atoms with Crippen molar-refractivity contribution in [2.75, 3.05) is 7.05 Å². The van der Waals surface area contributed by atoms with Gasteiger partial charge >= 0.3 is 6.18 Å². The predicted octanol–water partition coefficient (Wildman–Crippen LogP) is 3.72. The molecule has 1 unspecified atom stereocenters. The molecule has 0 saturated heterocycles. The highest BCUT2D eigenvalue weighted by atomic mass is 19.4. The minimum atomic E-state index is -4.31. The third kappa shape index (κ3) is 2.99. The fourth-order valence-corrected chi connectivity index (χ4v) is 2.17. The van der Waals surface area contributed by atoms with Gasteiger partial charge in [-0.15, -0.1) is 0 Å².